The lowest BCUT2D eigenvalue weighted by atomic mass is 10.0. The lowest BCUT2D eigenvalue weighted by molar-refractivity contribution is -0.126. The molecule has 0 saturated carbocycles. The molecular formula is C20H22N2O3S. The van der Waals surface area contributed by atoms with Crippen molar-refractivity contribution in [2.75, 3.05) is 13.7 Å². The van der Waals surface area contributed by atoms with Gasteiger partial charge in [0.05, 0.1) is 30.0 Å². The van der Waals surface area contributed by atoms with E-state index in [9.17, 15) is 4.79 Å². The van der Waals surface area contributed by atoms with E-state index in [1.807, 2.05) is 56.3 Å². The molecule has 0 saturated heterocycles. The number of nitrogens with one attached hydrogen (secondary N) is 1. The third-order valence-corrected chi connectivity index (χ3v) is 5.04. The van der Waals surface area contributed by atoms with Crippen molar-refractivity contribution in [2.45, 2.75) is 26.5 Å². The van der Waals surface area contributed by atoms with Gasteiger partial charge in [0.25, 0.3) is 0 Å². The Morgan fingerprint density at radius 2 is 2.08 bits per heavy atom. The van der Waals surface area contributed by atoms with Gasteiger partial charge in [0.15, 0.2) is 0 Å². The van der Waals surface area contributed by atoms with Gasteiger partial charge in [-0.3, -0.25) is 4.79 Å². The van der Waals surface area contributed by atoms with Gasteiger partial charge in [-0.2, -0.15) is 0 Å². The summed E-state index contributed by atoms with van der Waals surface area (Å²) in [5, 5.41) is 3.82. The minimum Gasteiger partial charge on any atom is -0.496 e. The van der Waals surface area contributed by atoms with E-state index in [4.69, 9.17) is 9.47 Å². The number of para-hydroxylation sites is 1. The molecule has 2 aromatic carbocycles. The van der Waals surface area contributed by atoms with Crippen molar-refractivity contribution >= 4 is 27.5 Å². The molecule has 1 aromatic heterocycles. The number of aryl methyl sites for hydroxylation is 1. The van der Waals surface area contributed by atoms with Gasteiger partial charge in [0.2, 0.25) is 5.91 Å². The Labute approximate surface area is 157 Å². The first-order valence-electron chi connectivity index (χ1n) is 8.43. The number of carbonyl (C=O) groups is 1. The molecule has 6 heteroatoms. The SMILES string of the molecule is COc1ccc(C)cc1C(C)NC(=O)COCc1nc2ccccc2s1. The average molecular weight is 370 g/mol. The lowest BCUT2D eigenvalue weighted by Gasteiger charge is -2.18. The highest BCUT2D eigenvalue weighted by Gasteiger charge is 2.14. The Morgan fingerprint density at radius 1 is 1.27 bits per heavy atom. The van der Waals surface area contributed by atoms with Crippen LogP contribution in [0.4, 0.5) is 0 Å². The number of amides is 1. The average Bonchev–Trinajstić information content (AvgIpc) is 3.04. The standard InChI is InChI=1S/C20H22N2O3S/c1-13-8-9-17(24-3)15(10-13)14(2)21-19(23)11-25-12-20-22-16-6-4-5-7-18(16)26-20/h4-10,14H,11-12H2,1-3H3,(H,21,23). The molecular weight excluding hydrogens is 348 g/mol. The fraction of sp³-hybridized carbons (Fsp3) is 0.300. The molecule has 0 aliphatic carbocycles. The summed E-state index contributed by atoms with van der Waals surface area (Å²) in [6, 6.07) is 13.7. The summed E-state index contributed by atoms with van der Waals surface area (Å²) < 4.78 is 12.0. The Kier molecular flexibility index (Phi) is 5.85. The van der Waals surface area contributed by atoms with Crippen molar-refractivity contribution in [3.05, 3.63) is 58.6 Å². The van der Waals surface area contributed by atoms with Crippen LogP contribution in [0.15, 0.2) is 42.5 Å². The zero-order valence-electron chi connectivity index (χ0n) is 15.1. The molecule has 1 atom stereocenters. The number of hydrogen-bond donors (Lipinski definition) is 1. The molecule has 5 nitrogen and oxygen atoms in total. The van der Waals surface area contributed by atoms with Gasteiger partial charge in [-0.25, -0.2) is 4.98 Å². The van der Waals surface area contributed by atoms with Crippen molar-refractivity contribution in [1.82, 2.24) is 10.3 Å². The minimum absolute atomic E-state index is 0.00556. The quantitative estimate of drug-likeness (QED) is 0.683. The number of thiazole rings is 1. The number of aromatic nitrogens is 1. The number of hydrogen-bond acceptors (Lipinski definition) is 5. The van der Waals surface area contributed by atoms with E-state index in [-0.39, 0.29) is 18.6 Å². The second-order valence-corrected chi connectivity index (χ2v) is 7.22. The van der Waals surface area contributed by atoms with E-state index < -0.39 is 0 Å². The zero-order valence-corrected chi connectivity index (χ0v) is 15.9. The molecule has 1 heterocycles. The van der Waals surface area contributed by atoms with Gasteiger partial charge in [-0.1, -0.05) is 29.8 Å². The van der Waals surface area contributed by atoms with Crippen LogP contribution in [-0.2, 0) is 16.1 Å². The highest BCUT2D eigenvalue weighted by molar-refractivity contribution is 7.18. The first kappa shape index (κ1) is 18.4. The number of methoxy groups -OCH3 is 1. The van der Waals surface area contributed by atoms with E-state index in [2.05, 4.69) is 10.3 Å². The van der Waals surface area contributed by atoms with Crippen LogP contribution >= 0.6 is 11.3 Å². The Morgan fingerprint density at radius 3 is 2.85 bits per heavy atom. The molecule has 1 N–H and O–H groups in total. The normalized spacial score (nSPS) is 12.1. The highest BCUT2D eigenvalue weighted by Crippen LogP contribution is 2.26. The molecule has 0 spiro atoms. The maximum atomic E-state index is 12.2. The largest absolute Gasteiger partial charge is 0.496 e. The van der Waals surface area contributed by atoms with Gasteiger partial charge in [0, 0.05) is 5.56 Å². The van der Waals surface area contributed by atoms with Crippen LogP contribution in [-0.4, -0.2) is 24.6 Å². The molecule has 1 unspecified atom stereocenters. The summed E-state index contributed by atoms with van der Waals surface area (Å²) in [6.07, 6.45) is 0. The number of fused-ring (bicyclic) bond motifs is 1. The van der Waals surface area contributed by atoms with Crippen LogP contribution in [0.5, 0.6) is 5.75 Å². The molecule has 3 rings (SSSR count). The Balaban J connectivity index is 1.53. The van der Waals surface area contributed by atoms with Gasteiger partial charge in [0.1, 0.15) is 17.4 Å². The van der Waals surface area contributed by atoms with E-state index >= 15 is 0 Å². The summed E-state index contributed by atoms with van der Waals surface area (Å²) >= 11 is 1.58. The topological polar surface area (TPSA) is 60.5 Å². The van der Waals surface area contributed by atoms with E-state index in [1.165, 1.54) is 0 Å². The van der Waals surface area contributed by atoms with Gasteiger partial charge < -0.3 is 14.8 Å². The summed E-state index contributed by atoms with van der Waals surface area (Å²) in [5.74, 6) is 0.598. The van der Waals surface area contributed by atoms with Crippen LogP contribution in [0.3, 0.4) is 0 Å². The fourth-order valence-electron chi connectivity index (χ4n) is 2.77. The van der Waals surface area contributed by atoms with Gasteiger partial charge in [-0.05, 0) is 32.0 Å². The summed E-state index contributed by atoms with van der Waals surface area (Å²) in [5.41, 5.74) is 3.03. The van der Waals surface area contributed by atoms with E-state index in [0.717, 1.165) is 32.1 Å². The molecule has 0 fully saturated rings. The molecule has 3 aromatic rings. The smallest absolute Gasteiger partial charge is 0.246 e. The molecule has 0 aliphatic heterocycles. The number of nitrogens with zero attached hydrogens (tertiary/aromatic N) is 1. The first-order valence-corrected chi connectivity index (χ1v) is 9.24. The Hall–Kier alpha value is -2.44. The summed E-state index contributed by atoms with van der Waals surface area (Å²) in [4.78, 5) is 16.7. The molecule has 26 heavy (non-hydrogen) atoms. The molecule has 136 valence electrons. The number of rotatable bonds is 7. The number of ether oxygens (including phenoxy) is 2. The van der Waals surface area contributed by atoms with Gasteiger partial charge >= 0.3 is 0 Å². The van der Waals surface area contributed by atoms with Crippen LogP contribution in [0.1, 0.15) is 29.1 Å². The first-order chi connectivity index (χ1) is 12.6. The second kappa shape index (κ2) is 8.29. The van der Waals surface area contributed by atoms with Crippen molar-refractivity contribution in [1.29, 1.82) is 0 Å². The van der Waals surface area contributed by atoms with Crippen molar-refractivity contribution in [2.24, 2.45) is 0 Å². The third kappa shape index (κ3) is 4.39. The molecule has 1 amide bonds. The van der Waals surface area contributed by atoms with E-state index in [1.54, 1.807) is 18.4 Å². The predicted molar refractivity (Wildman–Crippen MR) is 104 cm³/mol. The van der Waals surface area contributed by atoms with Crippen LogP contribution in [0, 0.1) is 6.92 Å². The van der Waals surface area contributed by atoms with Gasteiger partial charge in [-0.15, -0.1) is 11.3 Å². The minimum atomic E-state index is -0.165. The predicted octanol–water partition coefficient (Wildman–Crippen LogP) is 4.01. The van der Waals surface area contributed by atoms with Crippen molar-refractivity contribution < 1.29 is 14.3 Å². The number of benzene rings is 2. The van der Waals surface area contributed by atoms with Crippen molar-refractivity contribution in [3.63, 3.8) is 0 Å². The maximum absolute atomic E-state index is 12.2. The highest BCUT2D eigenvalue weighted by atomic mass is 32.1. The third-order valence-electron chi connectivity index (χ3n) is 4.03. The Bertz CT molecular complexity index is 874. The monoisotopic (exact) mass is 370 g/mol. The maximum Gasteiger partial charge on any atom is 0.246 e. The summed E-state index contributed by atoms with van der Waals surface area (Å²) in [6.45, 7) is 4.27. The molecule has 0 bridgehead atoms. The fourth-order valence-corrected chi connectivity index (χ4v) is 3.67. The zero-order chi connectivity index (χ0) is 18.5. The molecule has 0 aliphatic rings. The van der Waals surface area contributed by atoms with Crippen LogP contribution in [0.2, 0.25) is 0 Å². The van der Waals surface area contributed by atoms with Crippen LogP contribution in [0.25, 0.3) is 10.2 Å². The second-order valence-electron chi connectivity index (χ2n) is 6.10. The van der Waals surface area contributed by atoms with E-state index in [0.29, 0.717) is 6.61 Å². The summed E-state index contributed by atoms with van der Waals surface area (Å²) in [7, 11) is 1.63. The van der Waals surface area contributed by atoms with Crippen molar-refractivity contribution in [3.8, 4) is 5.75 Å². The number of carbonyl (C=O) groups excluding carboxylic acids is 1. The van der Waals surface area contributed by atoms with Crippen LogP contribution < -0.4 is 10.1 Å². The lowest BCUT2D eigenvalue weighted by Crippen LogP contribution is -2.30. The molecule has 0 radical (unpaired) electrons.